The average molecular weight is 254 g/mol. The first-order chi connectivity index (χ1) is 6.85. The number of allylic oxidation sites excluding steroid dienone is 1. The normalized spacial score (nSPS) is 15.2. The number of unbranched alkanes of at least 4 members (excludes halogenated alkanes) is 1. The molecule has 0 amide bonds. The third-order valence-electron chi connectivity index (χ3n) is 2.53. The van der Waals surface area contributed by atoms with E-state index in [4.69, 9.17) is 6.42 Å². The molecule has 0 aliphatic heterocycles. The smallest absolute Gasteiger partial charge is 0.694 e. The van der Waals surface area contributed by atoms with E-state index in [0.717, 1.165) is 25.2 Å². The van der Waals surface area contributed by atoms with E-state index in [1.807, 2.05) is 6.92 Å². The van der Waals surface area contributed by atoms with Gasteiger partial charge in [0.2, 0.25) is 0 Å². The summed E-state index contributed by atoms with van der Waals surface area (Å²) in [6, 6.07) is 0. The second kappa shape index (κ2) is 13.8. The molecule has 0 unspecified atom stereocenters. The van der Waals surface area contributed by atoms with Crippen LogP contribution in [0.25, 0.3) is 0 Å². The first-order valence-corrected chi connectivity index (χ1v) is 5.74. The van der Waals surface area contributed by atoms with Crippen LogP contribution < -0.4 is 0 Å². The summed E-state index contributed by atoms with van der Waals surface area (Å²) in [6.07, 6.45) is 19.5. The average Bonchev–Trinajstić information content (AvgIpc) is 2.22. The fourth-order valence-electron chi connectivity index (χ4n) is 1.72. The zero-order chi connectivity index (χ0) is 10.6. The van der Waals surface area contributed by atoms with Crippen LogP contribution >= 0.6 is 0 Å². The molecule has 15 heavy (non-hydrogen) atoms. The summed E-state index contributed by atoms with van der Waals surface area (Å²) in [7, 11) is 0. The summed E-state index contributed by atoms with van der Waals surface area (Å²) in [5.41, 5.74) is 0. The molecule has 0 heterocycles. The molecule has 0 bridgehead atoms. The van der Waals surface area contributed by atoms with Gasteiger partial charge in [-0.05, 0) is 12.8 Å². The van der Waals surface area contributed by atoms with Crippen molar-refractivity contribution in [2.75, 3.05) is 0 Å². The summed E-state index contributed by atoms with van der Waals surface area (Å²) in [6.45, 7) is 5.66. The molecule has 0 nitrogen and oxygen atoms in total. The number of hydrogen-bond donors (Lipinski definition) is 0. The Morgan fingerprint density at radius 2 is 1.93 bits per heavy atom. The van der Waals surface area contributed by atoms with Crippen molar-refractivity contribution >= 4 is 0 Å². The van der Waals surface area contributed by atoms with Gasteiger partial charge < -0.3 is 18.4 Å². The van der Waals surface area contributed by atoms with E-state index in [1.54, 1.807) is 0 Å². The quantitative estimate of drug-likeness (QED) is 0.399. The molecular weight excluding hydrogens is 232 g/mol. The molecule has 1 heteroatoms. The molecule has 1 rings (SSSR count). The molecule has 1 aliphatic carbocycles. The van der Waals surface area contributed by atoms with Crippen LogP contribution in [0.1, 0.15) is 58.3 Å². The second-order valence-electron chi connectivity index (χ2n) is 3.88. The SMILES string of the molecule is C=[C-]CC1CCCCC1.[C-]#CCCC.[Cu+2]. The van der Waals surface area contributed by atoms with E-state index in [-0.39, 0.29) is 17.1 Å². The predicted octanol–water partition coefficient (Wildman–Crippen LogP) is 4.32. The van der Waals surface area contributed by atoms with E-state index in [2.05, 4.69) is 18.6 Å². The molecule has 0 aromatic carbocycles. The van der Waals surface area contributed by atoms with E-state index in [9.17, 15) is 0 Å². The Morgan fingerprint density at radius 3 is 2.27 bits per heavy atom. The topological polar surface area (TPSA) is 0 Å². The Morgan fingerprint density at radius 1 is 1.33 bits per heavy atom. The maximum Gasteiger partial charge on any atom is 2.00 e. The molecule has 1 fully saturated rings. The van der Waals surface area contributed by atoms with Gasteiger partial charge in [0.15, 0.2) is 0 Å². The molecule has 0 N–H and O–H groups in total. The summed E-state index contributed by atoms with van der Waals surface area (Å²) in [5, 5.41) is 0. The molecule has 1 radical (unpaired) electrons. The Kier molecular flexibility index (Phi) is 15.9. The zero-order valence-corrected chi connectivity index (χ0v) is 10.7. The van der Waals surface area contributed by atoms with Gasteiger partial charge >= 0.3 is 17.1 Å². The summed E-state index contributed by atoms with van der Waals surface area (Å²) in [4.78, 5) is 0. The van der Waals surface area contributed by atoms with Crippen molar-refractivity contribution < 1.29 is 17.1 Å². The number of hydrogen-bond acceptors (Lipinski definition) is 0. The minimum atomic E-state index is 0. The van der Waals surface area contributed by atoms with Crippen molar-refractivity contribution in [3.8, 4) is 5.92 Å². The van der Waals surface area contributed by atoms with E-state index in [0.29, 0.717) is 0 Å². The van der Waals surface area contributed by atoms with Gasteiger partial charge in [0.25, 0.3) is 0 Å². The van der Waals surface area contributed by atoms with Gasteiger partial charge in [-0.3, -0.25) is 6.58 Å². The van der Waals surface area contributed by atoms with E-state index in [1.165, 1.54) is 32.1 Å². The first-order valence-electron chi connectivity index (χ1n) is 5.74. The van der Waals surface area contributed by atoms with Crippen molar-refractivity contribution in [1.82, 2.24) is 0 Å². The Bertz CT molecular complexity index is 161. The Labute approximate surface area is 106 Å². The maximum absolute atomic E-state index is 6.35. The monoisotopic (exact) mass is 253 g/mol. The molecule has 0 atom stereocenters. The predicted molar refractivity (Wildman–Crippen MR) is 62.1 cm³/mol. The van der Waals surface area contributed by atoms with Gasteiger partial charge in [-0.25, -0.2) is 0 Å². The third-order valence-corrected chi connectivity index (χ3v) is 2.53. The fraction of sp³-hybridized carbons (Fsp3) is 0.714. The summed E-state index contributed by atoms with van der Waals surface area (Å²) >= 11 is 0. The van der Waals surface area contributed by atoms with Crippen molar-refractivity contribution in [2.45, 2.75) is 58.3 Å². The molecule has 0 aromatic rings. The molecule has 0 aromatic heterocycles. The molecule has 1 aliphatic rings. The van der Waals surface area contributed by atoms with E-state index < -0.39 is 0 Å². The maximum atomic E-state index is 6.35. The van der Waals surface area contributed by atoms with Crippen LogP contribution in [0.4, 0.5) is 0 Å². The van der Waals surface area contributed by atoms with Crippen LogP contribution in [0.2, 0.25) is 0 Å². The Balaban J connectivity index is 0. The van der Waals surface area contributed by atoms with Crippen LogP contribution in [-0.4, -0.2) is 0 Å². The van der Waals surface area contributed by atoms with Crippen LogP contribution in [0.15, 0.2) is 6.58 Å². The van der Waals surface area contributed by atoms with Gasteiger partial charge in [0.1, 0.15) is 0 Å². The summed E-state index contributed by atoms with van der Waals surface area (Å²) in [5.74, 6) is 3.19. The van der Waals surface area contributed by atoms with Crippen molar-refractivity contribution in [3.63, 3.8) is 0 Å². The van der Waals surface area contributed by atoms with Crippen molar-refractivity contribution in [2.24, 2.45) is 5.92 Å². The molecule has 0 saturated heterocycles. The zero-order valence-electron chi connectivity index (χ0n) is 9.74. The third kappa shape index (κ3) is 11.7. The van der Waals surface area contributed by atoms with Crippen LogP contribution in [0, 0.1) is 24.3 Å². The molecular formula is C14H22Cu. The van der Waals surface area contributed by atoms with Gasteiger partial charge in [0.05, 0.1) is 0 Å². The fourth-order valence-corrected chi connectivity index (χ4v) is 1.72. The van der Waals surface area contributed by atoms with Crippen molar-refractivity contribution in [1.29, 1.82) is 0 Å². The van der Waals surface area contributed by atoms with E-state index >= 15 is 0 Å². The Hall–Kier alpha value is -0.181. The van der Waals surface area contributed by atoms with Gasteiger partial charge in [-0.2, -0.15) is 6.42 Å². The number of rotatable bonds is 3. The van der Waals surface area contributed by atoms with Gasteiger partial charge in [-0.1, -0.05) is 44.9 Å². The van der Waals surface area contributed by atoms with Crippen LogP contribution in [-0.2, 0) is 17.1 Å². The van der Waals surface area contributed by atoms with Gasteiger partial charge in [-0.15, -0.1) is 0 Å². The minimum Gasteiger partial charge on any atom is -0.694 e. The standard InChI is InChI=1S/C9H15.C5H7.Cu/c1-2-6-9-7-4-3-5-8-9;1-3-5-4-2;/h9H,1,3-8H2;3,5H2,1H3;/q2*-1;+2. The second-order valence-corrected chi connectivity index (χ2v) is 3.88. The van der Waals surface area contributed by atoms with Gasteiger partial charge in [0, 0.05) is 0 Å². The largest absolute Gasteiger partial charge is 2.00 e. The summed E-state index contributed by atoms with van der Waals surface area (Å²) < 4.78 is 0. The van der Waals surface area contributed by atoms with Crippen LogP contribution in [0.5, 0.6) is 0 Å². The molecule has 89 valence electrons. The van der Waals surface area contributed by atoms with Crippen LogP contribution in [0.3, 0.4) is 0 Å². The minimum absolute atomic E-state index is 0. The molecule has 0 spiro atoms. The van der Waals surface area contributed by atoms with Crippen molar-refractivity contribution in [3.05, 3.63) is 19.1 Å². The molecule has 1 saturated carbocycles. The first kappa shape index (κ1) is 17.2.